The van der Waals surface area contributed by atoms with E-state index in [1.807, 2.05) is 30.3 Å². The average Bonchev–Trinajstić information content (AvgIpc) is 2.67. The summed E-state index contributed by atoms with van der Waals surface area (Å²) in [5, 5.41) is 3.86. The van der Waals surface area contributed by atoms with Crippen molar-refractivity contribution in [1.82, 2.24) is 10.0 Å². The lowest BCUT2D eigenvalue weighted by Gasteiger charge is -2.39. The molecule has 1 amide bonds. The number of ether oxygens (including phenoxy) is 1. The van der Waals surface area contributed by atoms with Gasteiger partial charge in [0.15, 0.2) is 0 Å². The lowest BCUT2D eigenvalue weighted by Crippen LogP contribution is -2.49. The van der Waals surface area contributed by atoms with E-state index in [-0.39, 0.29) is 6.09 Å². The second-order valence-corrected chi connectivity index (χ2v) is 6.15. The number of amides is 1. The van der Waals surface area contributed by atoms with Crippen LogP contribution in [0.4, 0.5) is 4.79 Å². The number of nitrogens with zero attached hydrogens (tertiary/aromatic N) is 2. The van der Waals surface area contributed by atoms with Crippen LogP contribution in [0.3, 0.4) is 0 Å². The van der Waals surface area contributed by atoms with Crippen molar-refractivity contribution in [2.24, 2.45) is 0 Å². The first kappa shape index (κ1) is 16.5. The van der Waals surface area contributed by atoms with Gasteiger partial charge in [-0.1, -0.05) is 60.7 Å². The Morgan fingerprint density at radius 3 is 2.21 bits per heavy atom. The molecule has 1 saturated heterocycles. The summed E-state index contributed by atoms with van der Waals surface area (Å²) < 4.78 is 4.99. The van der Waals surface area contributed by atoms with Gasteiger partial charge in [-0.05, 0) is 29.9 Å². The molecule has 3 rings (SSSR count). The van der Waals surface area contributed by atoms with Crippen molar-refractivity contribution >= 4 is 6.09 Å². The van der Waals surface area contributed by atoms with E-state index in [2.05, 4.69) is 35.3 Å². The van der Waals surface area contributed by atoms with Gasteiger partial charge in [0, 0.05) is 13.1 Å². The number of piperidine rings is 1. The maximum Gasteiger partial charge on any atom is 0.424 e. The minimum Gasteiger partial charge on any atom is -0.452 e. The highest BCUT2D eigenvalue weighted by molar-refractivity contribution is 5.66. The van der Waals surface area contributed by atoms with Crippen molar-refractivity contribution in [1.29, 1.82) is 0 Å². The number of hydrazine groups is 1. The van der Waals surface area contributed by atoms with E-state index in [1.54, 1.807) is 5.01 Å². The van der Waals surface area contributed by atoms with Crippen molar-refractivity contribution in [3.63, 3.8) is 0 Å². The highest BCUT2D eigenvalue weighted by Gasteiger charge is 2.28. The maximum atomic E-state index is 12.2. The van der Waals surface area contributed by atoms with Gasteiger partial charge in [0.2, 0.25) is 0 Å². The number of hydrogen-bond acceptors (Lipinski definition) is 3. The topological polar surface area (TPSA) is 32.8 Å². The Labute approximate surface area is 143 Å². The molecule has 2 aromatic rings. The molecule has 24 heavy (non-hydrogen) atoms. The van der Waals surface area contributed by atoms with Crippen LogP contribution in [0.5, 0.6) is 0 Å². The molecule has 2 aromatic carbocycles. The molecule has 0 N–H and O–H groups in total. The van der Waals surface area contributed by atoms with E-state index in [9.17, 15) is 4.79 Å². The molecular weight excluding hydrogens is 300 g/mol. The summed E-state index contributed by atoms with van der Waals surface area (Å²) in [5.41, 5.74) is 2.50. The monoisotopic (exact) mass is 324 g/mol. The molecule has 126 valence electrons. The fraction of sp³-hybridized carbons (Fsp3) is 0.350. The highest BCUT2D eigenvalue weighted by atomic mass is 16.5. The minimum absolute atomic E-state index is 0.294. The Bertz CT molecular complexity index is 637. The first-order valence-electron chi connectivity index (χ1n) is 8.47. The summed E-state index contributed by atoms with van der Waals surface area (Å²) in [6.45, 7) is 2.27. The third kappa shape index (κ3) is 3.95. The fourth-order valence-corrected chi connectivity index (χ4v) is 3.31. The maximum absolute atomic E-state index is 12.2. The highest BCUT2D eigenvalue weighted by Crippen LogP contribution is 2.29. The van der Waals surface area contributed by atoms with Crippen molar-refractivity contribution in [3.8, 4) is 0 Å². The minimum atomic E-state index is -0.294. The van der Waals surface area contributed by atoms with Crippen LogP contribution in [-0.2, 0) is 11.3 Å². The third-order valence-electron chi connectivity index (χ3n) is 4.64. The summed E-state index contributed by atoms with van der Waals surface area (Å²) >= 11 is 0. The molecule has 0 bridgehead atoms. The van der Waals surface area contributed by atoms with E-state index in [4.69, 9.17) is 4.74 Å². The molecule has 4 nitrogen and oxygen atoms in total. The van der Waals surface area contributed by atoms with Crippen LogP contribution < -0.4 is 0 Å². The standard InChI is InChI=1S/C20H24N2O2/c1-24-20(23)22(16-17-8-4-2-5-9-17)21-14-12-19(13-15-21)18-10-6-3-7-11-18/h2-11,19H,12-16H2,1H3. The van der Waals surface area contributed by atoms with Crippen molar-refractivity contribution in [2.45, 2.75) is 25.3 Å². The van der Waals surface area contributed by atoms with Gasteiger partial charge in [-0.25, -0.2) is 14.8 Å². The second-order valence-electron chi connectivity index (χ2n) is 6.15. The Kier molecular flexibility index (Phi) is 5.49. The van der Waals surface area contributed by atoms with Gasteiger partial charge in [0.25, 0.3) is 0 Å². The van der Waals surface area contributed by atoms with Crippen LogP contribution >= 0.6 is 0 Å². The van der Waals surface area contributed by atoms with Crippen LogP contribution in [0.1, 0.15) is 29.9 Å². The number of carbonyl (C=O) groups is 1. The van der Waals surface area contributed by atoms with Crippen LogP contribution in [0.25, 0.3) is 0 Å². The van der Waals surface area contributed by atoms with Gasteiger partial charge in [-0.2, -0.15) is 0 Å². The lowest BCUT2D eigenvalue weighted by atomic mass is 9.90. The molecule has 0 unspecified atom stereocenters. The Hall–Kier alpha value is -2.33. The average molecular weight is 324 g/mol. The van der Waals surface area contributed by atoms with Crippen LogP contribution in [0.15, 0.2) is 60.7 Å². The van der Waals surface area contributed by atoms with Crippen LogP contribution in [0, 0.1) is 0 Å². The van der Waals surface area contributed by atoms with Gasteiger partial charge in [-0.3, -0.25) is 0 Å². The Morgan fingerprint density at radius 1 is 1.04 bits per heavy atom. The zero-order chi connectivity index (χ0) is 16.8. The smallest absolute Gasteiger partial charge is 0.424 e. The van der Waals surface area contributed by atoms with E-state index < -0.39 is 0 Å². The van der Waals surface area contributed by atoms with Crippen molar-refractivity contribution < 1.29 is 9.53 Å². The Balaban J connectivity index is 1.65. The molecule has 1 heterocycles. The quantitative estimate of drug-likeness (QED) is 0.850. The molecule has 4 heteroatoms. The second kappa shape index (κ2) is 7.97. The SMILES string of the molecule is COC(=O)N(Cc1ccccc1)N1CCC(c2ccccc2)CC1. The van der Waals surface area contributed by atoms with E-state index in [0.29, 0.717) is 12.5 Å². The zero-order valence-electron chi connectivity index (χ0n) is 14.1. The molecular formula is C20H24N2O2. The number of methoxy groups -OCH3 is 1. The predicted molar refractivity (Wildman–Crippen MR) is 94.4 cm³/mol. The lowest BCUT2D eigenvalue weighted by molar-refractivity contribution is -0.0374. The molecule has 1 fully saturated rings. The third-order valence-corrected chi connectivity index (χ3v) is 4.64. The number of hydrogen-bond donors (Lipinski definition) is 0. The molecule has 0 radical (unpaired) electrons. The molecule has 0 atom stereocenters. The molecule has 0 aromatic heterocycles. The van der Waals surface area contributed by atoms with Gasteiger partial charge in [-0.15, -0.1) is 0 Å². The normalized spacial score (nSPS) is 15.9. The van der Waals surface area contributed by atoms with E-state index in [1.165, 1.54) is 12.7 Å². The van der Waals surface area contributed by atoms with Gasteiger partial charge >= 0.3 is 6.09 Å². The van der Waals surface area contributed by atoms with Crippen LogP contribution in [0.2, 0.25) is 0 Å². The van der Waals surface area contributed by atoms with Gasteiger partial charge < -0.3 is 4.74 Å². The molecule has 1 aliphatic heterocycles. The molecule has 1 aliphatic rings. The molecule has 0 aliphatic carbocycles. The fourth-order valence-electron chi connectivity index (χ4n) is 3.31. The van der Waals surface area contributed by atoms with Gasteiger partial charge in [0.05, 0.1) is 13.7 Å². The predicted octanol–water partition coefficient (Wildman–Crippen LogP) is 4.05. The summed E-state index contributed by atoms with van der Waals surface area (Å²) in [7, 11) is 1.44. The zero-order valence-corrected chi connectivity index (χ0v) is 14.1. The summed E-state index contributed by atoms with van der Waals surface area (Å²) in [6.07, 6.45) is 1.80. The molecule has 0 spiro atoms. The largest absolute Gasteiger partial charge is 0.452 e. The first-order chi connectivity index (χ1) is 11.8. The van der Waals surface area contributed by atoms with Gasteiger partial charge in [0.1, 0.15) is 0 Å². The number of benzene rings is 2. The number of rotatable bonds is 4. The Morgan fingerprint density at radius 2 is 1.62 bits per heavy atom. The van der Waals surface area contributed by atoms with E-state index >= 15 is 0 Å². The van der Waals surface area contributed by atoms with E-state index in [0.717, 1.165) is 31.5 Å². The van der Waals surface area contributed by atoms with Crippen molar-refractivity contribution in [2.75, 3.05) is 20.2 Å². The number of carbonyl (C=O) groups excluding carboxylic acids is 1. The summed E-state index contributed by atoms with van der Waals surface area (Å²) in [4.78, 5) is 12.2. The first-order valence-corrected chi connectivity index (χ1v) is 8.47. The van der Waals surface area contributed by atoms with Crippen LogP contribution in [-0.4, -0.2) is 36.3 Å². The molecule has 0 saturated carbocycles. The van der Waals surface area contributed by atoms with Crippen molar-refractivity contribution in [3.05, 3.63) is 71.8 Å². The summed E-state index contributed by atoms with van der Waals surface area (Å²) in [6, 6.07) is 20.7. The summed E-state index contributed by atoms with van der Waals surface area (Å²) in [5.74, 6) is 0.568.